The van der Waals surface area contributed by atoms with Crippen molar-refractivity contribution >= 4 is 17.6 Å². The van der Waals surface area contributed by atoms with Crippen LogP contribution in [0.25, 0.3) is 0 Å². The highest BCUT2D eigenvalue weighted by Crippen LogP contribution is 2.24. The van der Waals surface area contributed by atoms with E-state index >= 15 is 0 Å². The molecule has 2 aromatic carbocycles. The number of benzene rings is 2. The van der Waals surface area contributed by atoms with Crippen LogP contribution in [0.3, 0.4) is 0 Å². The fourth-order valence-electron chi connectivity index (χ4n) is 2.49. The van der Waals surface area contributed by atoms with Crippen LogP contribution in [0.1, 0.15) is 43.7 Å². The first-order chi connectivity index (χ1) is 11.5. The van der Waals surface area contributed by atoms with Crippen molar-refractivity contribution < 1.29 is 14.3 Å². The van der Waals surface area contributed by atoms with Gasteiger partial charge in [-0.1, -0.05) is 43.6 Å². The van der Waals surface area contributed by atoms with Gasteiger partial charge in [0.2, 0.25) is 0 Å². The van der Waals surface area contributed by atoms with Gasteiger partial charge in [-0.15, -0.1) is 0 Å². The van der Waals surface area contributed by atoms with Crippen LogP contribution in [-0.2, 0) is 4.79 Å². The van der Waals surface area contributed by atoms with Gasteiger partial charge < -0.3 is 9.47 Å². The van der Waals surface area contributed by atoms with E-state index in [9.17, 15) is 4.79 Å². The molecule has 3 nitrogen and oxygen atoms in total. The first kappa shape index (κ1) is 18.3. The summed E-state index contributed by atoms with van der Waals surface area (Å²) in [6.07, 6.45) is 0.878. The number of ether oxygens (including phenoxy) is 2. The van der Waals surface area contributed by atoms with Crippen molar-refractivity contribution in [3.8, 4) is 11.5 Å². The van der Waals surface area contributed by atoms with Gasteiger partial charge in [0.25, 0.3) is 0 Å². The van der Waals surface area contributed by atoms with Crippen molar-refractivity contribution in [2.75, 3.05) is 6.61 Å². The van der Waals surface area contributed by atoms with E-state index in [4.69, 9.17) is 21.1 Å². The van der Waals surface area contributed by atoms with E-state index < -0.39 is 0 Å². The van der Waals surface area contributed by atoms with E-state index in [2.05, 4.69) is 26.8 Å². The predicted molar refractivity (Wildman–Crippen MR) is 97.1 cm³/mol. The predicted octanol–water partition coefficient (Wildman–Crippen LogP) is 5.54. The number of rotatable bonds is 7. The lowest BCUT2D eigenvalue weighted by molar-refractivity contribution is -0.134. The molecule has 0 radical (unpaired) electrons. The number of hydrogen-bond donors (Lipinski definition) is 0. The Balaban J connectivity index is 1.76. The minimum atomic E-state index is -0.307. The third-order valence-electron chi connectivity index (χ3n) is 3.72. The van der Waals surface area contributed by atoms with Crippen molar-refractivity contribution in [1.29, 1.82) is 0 Å². The molecule has 0 unspecified atom stereocenters. The molecule has 2 rings (SSSR count). The minimum Gasteiger partial charge on any atom is -0.494 e. The Kier molecular flexibility index (Phi) is 6.68. The second kappa shape index (κ2) is 8.74. The number of carbonyl (C=O) groups excluding carboxylic acids is 1. The standard InChI is InChI=1S/C20H23ClO3/c1-14(2)17-11-10-16(13-15(17)3)23-12-6-9-20(22)24-19-8-5-4-7-18(19)21/h4-5,7-8,10-11,13-14H,6,9,12H2,1-3H3. The largest absolute Gasteiger partial charge is 0.494 e. The molecule has 0 aliphatic carbocycles. The van der Waals surface area contributed by atoms with Crippen LogP contribution in [0.15, 0.2) is 42.5 Å². The van der Waals surface area contributed by atoms with Gasteiger partial charge in [-0.2, -0.15) is 0 Å². The molecule has 0 atom stereocenters. The molecule has 4 heteroatoms. The van der Waals surface area contributed by atoms with E-state index in [1.807, 2.05) is 12.1 Å². The molecule has 0 saturated carbocycles. The maximum Gasteiger partial charge on any atom is 0.311 e. The molecule has 0 bridgehead atoms. The molecule has 0 aliphatic rings. The molecular weight excluding hydrogens is 324 g/mol. The zero-order valence-corrected chi connectivity index (χ0v) is 15.1. The summed E-state index contributed by atoms with van der Waals surface area (Å²) < 4.78 is 10.9. The van der Waals surface area contributed by atoms with Crippen molar-refractivity contribution in [3.05, 3.63) is 58.6 Å². The summed E-state index contributed by atoms with van der Waals surface area (Å²) in [6, 6.07) is 13.1. The summed E-state index contributed by atoms with van der Waals surface area (Å²) in [5.41, 5.74) is 2.55. The summed E-state index contributed by atoms with van der Waals surface area (Å²) in [6.45, 7) is 6.90. The molecule has 0 spiro atoms. The highest BCUT2D eigenvalue weighted by atomic mass is 35.5. The van der Waals surface area contributed by atoms with Crippen LogP contribution < -0.4 is 9.47 Å². The molecule has 0 heterocycles. The quantitative estimate of drug-likeness (QED) is 0.375. The summed E-state index contributed by atoms with van der Waals surface area (Å²) >= 11 is 5.96. The molecule has 0 aromatic heterocycles. The third kappa shape index (κ3) is 5.27. The normalized spacial score (nSPS) is 10.7. The third-order valence-corrected chi connectivity index (χ3v) is 4.03. The van der Waals surface area contributed by atoms with E-state index in [0.717, 1.165) is 5.75 Å². The van der Waals surface area contributed by atoms with Crippen molar-refractivity contribution in [3.63, 3.8) is 0 Å². The van der Waals surface area contributed by atoms with Crippen molar-refractivity contribution in [2.24, 2.45) is 0 Å². The first-order valence-corrected chi connectivity index (χ1v) is 8.53. The minimum absolute atomic E-state index is 0.286. The maximum atomic E-state index is 11.8. The first-order valence-electron chi connectivity index (χ1n) is 8.16. The van der Waals surface area contributed by atoms with Crippen molar-refractivity contribution in [1.82, 2.24) is 0 Å². The summed E-state index contributed by atoms with van der Waals surface area (Å²) in [5, 5.41) is 0.433. The van der Waals surface area contributed by atoms with Crippen LogP contribution in [0.5, 0.6) is 11.5 Å². The maximum absolute atomic E-state index is 11.8. The van der Waals surface area contributed by atoms with Gasteiger partial charge in [-0.25, -0.2) is 0 Å². The highest BCUT2D eigenvalue weighted by Gasteiger charge is 2.08. The smallest absolute Gasteiger partial charge is 0.311 e. The monoisotopic (exact) mass is 346 g/mol. The average molecular weight is 347 g/mol. The van der Waals surface area contributed by atoms with Crippen LogP contribution in [-0.4, -0.2) is 12.6 Å². The number of carbonyl (C=O) groups is 1. The van der Waals surface area contributed by atoms with Gasteiger partial charge in [0, 0.05) is 6.42 Å². The molecule has 0 N–H and O–H groups in total. The number of para-hydroxylation sites is 1. The van der Waals surface area contributed by atoms with E-state index in [1.54, 1.807) is 24.3 Å². The lowest BCUT2D eigenvalue weighted by Crippen LogP contribution is -2.10. The zero-order chi connectivity index (χ0) is 17.5. The molecular formula is C20H23ClO3. The zero-order valence-electron chi connectivity index (χ0n) is 14.3. The Morgan fingerprint density at radius 3 is 2.58 bits per heavy atom. The Bertz CT molecular complexity index is 695. The lowest BCUT2D eigenvalue weighted by atomic mass is 9.98. The second-order valence-corrected chi connectivity index (χ2v) is 6.44. The fourth-order valence-corrected chi connectivity index (χ4v) is 2.67. The Morgan fingerprint density at radius 1 is 1.17 bits per heavy atom. The van der Waals surface area contributed by atoms with Gasteiger partial charge in [0.05, 0.1) is 11.6 Å². The number of esters is 1. The molecule has 0 amide bonds. The SMILES string of the molecule is Cc1cc(OCCCC(=O)Oc2ccccc2Cl)ccc1C(C)C. The van der Waals surface area contributed by atoms with Gasteiger partial charge in [0.1, 0.15) is 11.5 Å². The summed E-state index contributed by atoms with van der Waals surface area (Å²) in [4.78, 5) is 11.8. The van der Waals surface area contributed by atoms with Crippen LogP contribution >= 0.6 is 11.6 Å². The molecule has 0 saturated heterocycles. The number of hydrogen-bond acceptors (Lipinski definition) is 3. The Labute approximate surface area is 148 Å². The van der Waals surface area contributed by atoms with Crippen LogP contribution in [0, 0.1) is 6.92 Å². The molecule has 0 fully saturated rings. The van der Waals surface area contributed by atoms with Crippen LogP contribution in [0.4, 0.5) is 0 Å². The summed E-state index contributed by atoms with van der Waals surface area (Å²) in [7, 11) is 0. The highest BCUT2D eigenvalue weighted by molar-refractivity contribution is 6.32. The molecule has 24 heavy (non-hydrogen) atoms. The van der Waals surface area contributed by atoms with Gasteiger partial charge >= 0.3 is 5.97 Å². The topological polar surface area (TPSA) is 35.5 Å². The Morgan fingerprint density at radius 2 is 1.92 bits per heavy atom. The molecule has 0 aliphatic heterocycles. The van der Waals surface area contributed by atoms with Gasteiger partial charge in [0.15, 0.2) is 0 Å². The Hall–Kier alpha value is -2.00. The second-order valence-electron chi connectivity index (χ2n) is 6.03. The van der Waals surface area contributed by atoms with Crippen LogP contribution in [0.2, 0.25) is 5.02 Å². The van der Waals surface area contributed by atoms with Gasteiger partial charge in [-0.3, -0.25) is 4.79 Å². The van der Waals surface area contributed by atoms with Crippen molar-refractivity contribution in [2.45, 2.75) is 39.5 Å². The van der Waals surface area contributed by atoms with E-state index in [-0.39, 0.29) is 12.4 Å². The number of halogens is 1. The van der Waals surface area contributed by atoms with E-state index in [1.165, 1.54) is 11.1 Å². The fraction of sp³-hybridized carbons (Fsp3) is 0.350. The lowest BCUT2D eigenvalue weighted by Gasteiger charge is -2.12. The summed E-state index contributed by atoms with van der Waals surface area (Å²) in [5.74, 6) is 1.41. The average Bonchev–Trinajstić information content (AvgIpc) is 2.53. The molecule has 2 aromatic rings. The van der Waals surface area contributed by atoms with Gasteiger partial charge in [-0.05, 0) is 54.7 Å². The molecule has 128 valence electrons. The number of aryl methyl sites for hydroxylation is 1. The van der Waals surface area contributed by atoms with E-state index in [0.29, 0.717) is 29.7 Å².